The van der Waals surface area contributed by atoms with Gasteiger partial charge in [-0.3, -0.25) is 9.59 Å². The second kappa shape index (κ2) is 33.0. The van der Waals surface area contributed by atoms with Gasteiger partial charge < -0.3 is 10.6 Å². The molecular weight excluding hydrogens is 564 g/mol. The first-order valence-corrected chi connectivity index (χ1v) is 19.7. The van der Waals surface area contributed by atoms with Gasteiger partial charge in [0.15, 0.2) is 0 Å². The van der Waals surface area contributed by atoms with Crippen LogP contribution in [0.25, 0.3) is 0 Å². The molecule has 0 aliphatic heterocycles. The number of amides is 2. The Morgan fingerprint density at radius 3 is 1.15 bits per heavy atom. The lowest BCUT2D eigenvalue weighted by Gasteiger charge is -2.13. The van der Waals surface area contributed by atoms with E-state index in [2.05, 4.69) is 75.9 Å². The molecule has 0 aromatic heterocycles. The molecule has 0 aliphatic rings. The van der Waals surface area contributed by atoms with E-state index in [-0.39, 0.29) is 11.8 Å². The molecule has 0 radical (unpaired) electrons. The van der Waals surface area contributed by atoms with Gasteiger partial charge in [0.05, 0.1) is 0 Å². The second-order valence-electron chi connectivity index (χ2n) is 15.0. The van der Waals surface area contributed by atoms with Gasteiger partial charge in [-0.25, -0.2) is 0 Å². The van der Waals surface area contributed by atoms with Gasteiger partial charge in [-0.15, -0.1) is 0 Å². The summed E-state index contributed by atoms with van der Waals surface area (Å²) in [6.07, 6.45) is 27.1. The lowest BCUT2D eigenvalue weighted by molar-refractivity contribution is -0.122. The molecule has 4 heteroatoms. The van der Waals surface area contributed by atoms with Crippen molar-refractivity contribution in [3.63, 3.8) is 0 Å². The summed E-state index contributed by atoms with van der Waals surface area (Å²) >= 11 is 0. The molecule has 0 aromatic carbocycles. The van der Waals surface area contributed by atoms with Crippen molar-refractivity contribution in [2.45, 2.75) is 196 Å². The largest absolute Gasteiger partial charge is 0.356 e. The lowest BCUT2D eigenvalue weighted by Crippen LogP contribution is -2.25. The number of hydrogen-bond donors (Lipinski definition) is 2. The first-order valence-electron chi connectivity index (χ1n) is 19.7. The minimum absolute atomic E-state index is 0.224. The van der Waals surface area contributed by atoms with Gasteiger partial charge >= 0.3 is 0 Å². The fourth-order valence-corrected chi connectivity index (χ4v) is 5.76. The highest BCUT2D eigenvalue weighted by Crippen LogP contribution is 2.16. The quantitative estimate of drug-likeness (QED) is 0.0606. The van der Waals surface area contributed by atoms with Crippen LogP contribution in [-0.2, 0) is 9.59 Å². The Labute approximate surface area is 287 Å². The predicted octanol–water partition coefficient (Wildman–Crippen LogP) is 11.2. The Morgan fingerprint density at radius 2 is 0.783 bits per heavy atom. The van der Waals surface area contributed by atoms with E-state index in [9.17, 15) is 9.59 Å². The van der Waals surface area contributed by atoms with Crippen molar-refractivity contribution in [2.24, 2.45) is 23.7 Å². The van der Waals surface area contributed by atoms with Crippen LogP contribution in [0.15, 0.2) is 0 Å². The molecule has 2 atom stereocenters. The average molecular weight is 641 g/mol. The molecule has 4 nitrogen and oxygen atoms in total. The summed E-state index contributed by atoms with van der Waals surface area (Å²) in [7, 11) is 0. The van der Waals surface area contributed by atoms with Crippen LogP contribution in [0.1, 0.15) is 196 Å². The molecule has 0 heterocycles. The SMILES string of the molecule is CC(C)CCC[C@@H](C)CCNC(=O)CCCCCCCCC#CC#CCCCCCCCCC(=O)NCC[C@H](C)CCCC(C)C. The predicted molar refractivity (Wildman–Crippen MR) is 200 cm³/mol. The van der Waals surface area contributed by atoms with E-state index in [0.29, 0.717) is 24.7 Å². The van der Waals surface area contributed by atoms with E-state index in [0.717, 1.165) is 89.1 Å². The van der Waals surface area contributed by atoms with Crippen molar-refractivity contribution < 1.29 is 9.59 Å². The number of carbonyl (C=O) groups excluding carboxylic acids is 2. The fraction of sp³-hybridized carbons (Fsp3) is 0.857. The molecule has 2 amide bonds. The van der Waals surface area contributed by atoms with Gasteiger partial charge in [0, 0.05) is 38.8 Å². The Bertz CT molecular complexity index is 771. The van der Waals surface area contributed by atoms with E-state index in [4.69, 9.17) is 0 Å². The number of carbonyl (C=O) groups is 2. The Kier molecular flexibility index (Phi) is 31.6. The molecule has 0 unspecified atom stereocenters. The standard InChI is InChI=1S/C42H76N2O2/c1-37(2)27-25-29-39(5)33-35-43-41(45)31-23-21-19-17-15-13-11-9-7-8-10-12-14-16-18-20-22-24-32-42(46)44-36-34-40(6)30-26-28-38(3)4/h37-40H,11-36H2,1-6H3,(H,43,45)(H,44,46)/t39-,40-/m1/s1. The van der Waals surface area contributed by atoms with Crippen molar-refractivity contribution in [1.29, 1.82) is 0 Å². The zero-order chi connectivity index (χ0) is 34.1. The van der Waals surface area contributed by atoms with Crippen LogP contribution in [-0.4, -0.2) is 24.9 Å². The average Bonchev–Trinajstić information content (AvgIpc) is 2.99. The van der Waals surface area contributed by atoms with Crippen LogP contribution in [0, 0.1) is 47.4 Å². The van der Waals surface area contributed by atoms with Gasteiger partial charge in [0.1, 0.15) is 0 Å². The Morgan fingerprint density at radius 1 is 0.435 bits per heavy atom. The molecule has 0 bridgehead atoms. The molecule has 266 valence electrons. The van der Waals surface area contributed by atoms with Crippen molar-refractivity contribution in [3.8, 4) is 23.7 Å². The Balaban J connectivity index is 3.46. The monoisotopic (exact) mass is 641 g/mol. The summed E-state index contributed by atoms with van der Waals surface area (Å²) in [5.74, 6) is 15.9. The molecule has 0 saturated carbocycles. The molecular formula is C42H76N2O2. The van der Waals surface area contributed by atoms with E-state index in [1.54, 1.807) is 0 Å². The topological polar surface area (TPSA) is 58.2 Å². The van der Waals surface area contributed by atoms with Crippen LogP contribution < -0.4 is 10.6 Å². The summed E-state index contributed by atoms with van der Waals surface area (Å²) in [5.41, 5.74) is 0. The number of rotatable bonds is 30. The van der Waals surface area contributed by atoms with Gasteiger partial charge in [-0.05, 0) is 74.0 Å². The maximum atomic E-state index is 12.0. The van der Waals surface area contributed by atoms with Crippen LogP contribution in [0.4, 0.5) is 0 Å². The number of unbranched alkanes of at least 4 members (excludes halogenated alkanes) is 12. The fourth-order valence-electron chi connectivity index (χ4n) is 5.76. The summed E-state index contributed by atoms with van der Waals surface area (Å²) in [6.45, 7) is 15.4. The highest BCUT2D eigenvalue weighted by atomic mass is 16.2. The minimum Gasteiger partial charge on any atom is -0.356 e. The number of hydrogen-bond acceptors (Lipinski definition) is 2. The van der Waals surface area contributed by atoms with Crippen LogP contribution in [0.5, 0.6) is 0 Å². The third kappa shape index (κ3) is 34.9. The van der Waals surface area contributed by atoms with Gasteiger partial charge in [0.25, 0.3) is 0 Å². The maximum absolute atomic E-state index is 12.0. The highest BCUT2D eigenvalue weighted by Gasteiger charge is 2.07. The zero-order valence-electron chi connectivity index (χ0n) is 31.5. The second-order valence-corrected chi connectivity index (χ2v) is 15.0. The molecule has 0 rings (SSSR count). The molecule has 0 aromatic rings. The smallest absolute Gasteiger partial charge is 0.219 e. The van der Waals surface area contributed by atoms with E-state index in [1.807, 2.05) is 0 Å². The van der Waals surface area contributed by atoms with E-state index < -0.39 is 0 Å². The van der Waals surface area contributed by atoms with E-state index >= 15 is 0 Å². The summed E-state index contributed by atoms with van der Waals surface area (Å²) < 4.78 is 0. The molecule has 46 heavy (non-hydrogen) atoms. The van der Waals surface area contributed by atoms with E-state index in [1.165, 1.54) is 77.0 Å². The van der Waals surface area contributed by atoms with Gasteiger partial charge in [-0.2, -0.15) is 0 Å². The summed E-state index contributed by atoms with van der Waals surface area (Å²) in [6, 6.07) is 0. The normalized spacial score (nSPS) is 12.3. The van der Waals surface area contributed by atoms with Crippen molar-refractivity contribution in [3.05, 3.63) is 0 Å². The van der Waals surface area contributed by atoms with Gasteiger partial charge in [-0.1, -0.05) is 143 Å². The first-order chi connectivity index (χ1) is 22.2. The third-order valence-corrected chi connectivity index (χ3v) is 9.03. The van der Waals surface area contributed by atoms with Crippen LogP contribution >= 0.6 is 0 Å². The molecule has 0 saturated heterocycles. The number of nitrogens with one attached hydrogen (secondary N) is 2. The molecule has 2 N–H and O–H groups in total. The molecule has 0 fully saturated rings. The van der Waals surface area contributed by atoms with Crippen molar-refractivity contribution in [1.82, 2.24) is 10.6 Å². The zero-order valence-corrected chi connectivity index (χ0v) is 31.5. The van der Waals surface area contributed by atoms with Crippen LogP contribution in [0.3, 0.4) is 0 Å². The third-order valence-electron chi connectivity index (χ3n) is 9.03. The summed E-state index contributed by atoms with van der Waals surface area (Å²) in [4.78, 5) is 24.1. The summed E-state index contributed by atoms with van der Waals surface area (Å²) in [5, 5.41) is 6.22. The highest BCUT2D eigenvalue weighted by molar-refractivity contribution is 5.76. The lowest BCUT2D eigenvalue weighted by atomic mass is 9.97. The van der Waals surface area contributed by atoms with Crippen molar-refractivity contribution >= 4 is 11.8 Å². The van der Waals surface area contributed by atoms with Crippen molar-refractivity contribution in [2.75, 3.05) is 13.1 Å². The molecule has 0 aliphatic carbocycles. The molecule has 0 spiro atoms. The Hall–Kier alpha value is -1.94. The van der Waals surface area contributed by atoms with Crippen LogP contribution in [0.2, 0.25) is 0 Å². The maximum Gasteiger partial charge on any atom is 0.219 e. The minimum atomic E-state index is 0.224. The van der Waals surface area contributed by atoms with Gasteiger partial charge in [0.2, 0.25) is 11.8 Å². The first kappa shape index (κ1) is 44.1.